The number of carbonyl (C=O) groups is 1. The monoisotopic (exact) mass is 433 g/mol. The van der Waals surface area contributed by atoms with Crippen LogP contribution in [0.4, 0.5) is 18.9 Å². The molecule has 1 aliphatic heterocycles. The molecule has 31 heavy (non-hydrogen) atoms. The Labute approximate surface area is 176 Å². The summed E-state index contributed by atoms with van der Waals surface area (Å²) in [6.45, 7) is 3.84. The Bertz CT molecular complexity index is 1050. The minimum atomic E-state index is -4.58. The Morgan fingerprint density at radius 1 is 1.35 bits per heavy atom. The van der Waals surface area contributed by atoms with E-state index in [9.17, 15) is 18.0 Å². The van der Waals surface area contributed by atoms with Gasteiger partial charge in [-0.1, -0.05) is 12.1 Å². The number of amides is 1. The molecule has 1 unspecified atom stereocenters. The van der Waals surface area contributed by atoms with E-state index in [-0.39, 0.29) is 11.7 Å². The molecule has 3 N–H and O–H groups in total. The summed E-state index contributed by atoms with van der Waals surface area (Å²) in [5.74, 6) is 0.0391. The lowest BCUT2D eigenvalue weighted by Gasteiger charge is -2.13. The number of nitrogens with one attached hydrogen (secondary N) is 3. The minimum Gasteiger partial charge on any atom is -0.383 e. The second kappa shape index (κ2) is 9.02. The number of benzene rings is 1. The van der Waals surface area contributed by atoms with Gasteiger partial charge in [0.15, 0.2) is 5.69 Å². The number of alkyl halides is 3. The average Bonchev–Trinajstić information content (AvgIpc) is 3.30. The molecule has 0 fully saturated rings. The number of hydrogen-bond donors (Lipinski definition) is 3. The lowest BCUT2D eigenvalue weighted by molar-refractivity contribution is -0.143. The summed E-state index contributed by atoms with van der Waals surface area (Å²) in [5.41, 5.74) is 3.80. The topological polar surface area (TPSA) is 95.7 Å². The maximum absolute atomic E-state index is 12.9. The van der Waals surface area contributed by atoms with E-state index < -0.39 is 17.8 Å². The van der Waals surface area contributed by atoms with Crippen LogP contribution in [0.1, 0.15) is 48.1 Å². The molecule has 3 rings (SSSR count). The zero-order chi connectivity index (χ0) is 22.6. The molecular weight excluding hydrogens is 411 g/mol. The zero-order valence-electron chi connectivity index (χ0n) is 17.2. The third-order valence-corrected chi connectivity index (χ3v) is 4.50. The Balaban J connectivity index is 1.61. The van der Waals surface area contributed by atoms with Crippen LogP contribution in [-0.2, 0) is 13.2 Å². The SMILES string of the molecule is CC1=NNC(=NC=CNC(C)c2cccc(NC(=O)c3cc(C(F)(F)F)n(C)n3)c2)C1. The van der Waals surface area contributed by atoms with Gasteiger partial charge in [0, 0.05) is 49.4 Å². The summed E-state index contributed by atoms with van der Waals surface area (Å²) in [6.07, 6.45) is -0.579. The van der Waals surface area contributed by atoms with Crippen LogP contribution >= 0.6 is 0 Å². The molecule has 8 nitrogen and oxygen atoms in total. The minimum absolute atomic E-state index is 0.102. The van der Waals surface area contributed by atoms with Crippen molar-refractivity contribution in [3.05, 3.63) is 59.7 Å². The van der Waals surface area contributed by atoms with Gasteiger partial charge in [0.2, 0.25) is 0 Å². The summed E-state index contributed by atoms with van der Waals surface area (Å²) in [4.78, 5) is 16.6. The van der Waals surface area contributed by atoms with Gasteiger partial charge in [0.05, 0.1) is 0 Å². The summed E-state index contributed by atoms with van der Waals surface area (Å²) in [7, 11) is 1.14. The van der Waals surface area contributed by atoms with Gasteiger partial charge in [-0.15, -0.1) is 0 Å². The van der Waals surface area contributed by atoms with Crippen molar-refractivity contribution in [2.24, 2.45) is 17.1 Å². The van der Waals surface area contributed by atoms with Gasteiger partial charge in [0.25, 0.3) is 5.91 Å². The van der Waals surface area contributed by atoms with Gasteiger partial charge < -0.3 is 10.6 Å². The third kappa shape index (κ3) is 5.71. The van der Waals surface area contributed by atoms with Gasteiger partial charge in [-0.05, 0) is 31.5 Å². The van der Waals surface area contributed by atoms with E-state index in [0.29, 0.717) is 16.8 Å². The number of aliphatic imine (C=N–C) groups is 1. The molecular formula is C20H22F3N7O. The molecule has 1 atom stereocenters. The number of aryl methyl sites for hydroxylation is 1. The fraction of sp³-hybridized carbons (Fsp3) is 0.300. The number of nitrogens with zero attached hydrogens (tertiary/aromatic N) is 4. The summed E-state index contributed by atoms with van der Waals surface area (Å²) in [5, 5.41) is 13.4. The van der Waals surface area contributed by atoms with E-state index in [4.69, 9.17) is 0 Å². The highest BCUT2D eigenvalue weighted by Crippen LogP contribution is 2.29. The molecule has 0 radical (unpaired) electrons. The lowest BCUT2D eigenvalue weighted by Crippen LogP contribution is -2.15. The molecule has 11 heteroatoms. The number of hydrazone groups is 1. The standard InChI is InChI=1S/C20H22F3N7O/c1-12-9-18(28-27-12)25-8-7-24-13(2)14-5-4-6-15(10-14)26-19(31)16-11-17(20(21,22)23)30(3)29-16/h4-8,10-11,13,24H,9H2,1-3H3,(H,25,28)(H,26,31). The molecule has 0 aliphatic carbocycles. The van der Waals surface area contributed by atoms with Crippen molar-refractivity contribution in [3.8, 4) is 0 Å². The van der Waals surface area contributed by atoms with Crippen LogP contribution in [0.5, 0.6) is 0 Å². The van der Waals surface area contributed by atoms with Crippen molar-refractivity contribution < 1.29 is 18.0 Å². The van der Waals surface area contributed by atoms with E-state index in [0.717, 1.165) is 30.2 Å². The fourth-order valence-electron chi connectivity index (χ4n) is 2.89. The molecule has 0 bridgehead atoms. The first-order chi connectivity index (χ1) is 14.6. The number of hydrogen-bond acceptors (Lipinski definition) is 5. The number of aromatic nitrogens is 2. The third-order valence-electron chi connectivity index (χ3n) is 4.50. The highest BCUT2D eigenvalue weighted by Gasteiger charge is 2.35. The van der Waals surface area contributed by atoms with Crippen molar-refractivity contribution in [2.45, 2.75) is 32.5 Å². The number of halogens is 3. The van der Waals surface area contributed by atoms with Crippen LogP contribution in [0, 0.1) is 0 Å². The van der Waals surface area contributed by atoms with Gasteiger partial charge in [-0.3, -0.25) is 14.9 Å². The van der Waals surface area contributed by atoms with Crippen molar-refractivity contribution >= 4 is 23.1 Å². The molecule has 1 aromatic carbocycles. The second-order valence-corrected chi connectivity index (χ2v) is 7.03. The van der Waals surface area contributed by atoms with Gasteiger partial charge in [0.1, 0.15) is 11.5 Å². The molecule has 2 heterocycles. The fourth-order valence-corrected chi connectivity index (χ4v) is 2.89. The molecule has 1 aromatic heterocycles. The molecule has 0 saturated heterocycles. The van der Waals surface area contributed by atoms with Crippen molar-refractivity contribution in [1.29, 1.82) is 0 Å². The number of amidine groups is 1. The summed E-state index contributed by atoms with van der Waals surface area (Å²) in [6, 6.07) is 7.62. The Hall–Kier alpha value is -3.63. The van der Waals surface area contributed by atoms with Gasteiger partial charge in [-0.25, -0.2) is 4.99 Å². The van der Waals surface area contributed by atoms with E-state index in [1.54, 1.807) is 30.6 Å². The van der Waals surface area contributed by atoms with E-state index >= 15 is 0 Å². The maximum atomic E-state index is 12.9. The first kappa shape index (κ1) is 22.1. The lowest BCUT2D eigenvalue weighted by atomic mass is 10.1. The van der Waals surface area contributed by atoms with Crippen LogP contribution < -0.4 is 16.1 Å². The Morgan fingerprint density at radius 3 is 2.77 bits per heavy atom. The molecule has 0 saturated carbocycles. The van der Waals surface area contributed by atoms with Gasteiger partial charge >= 0.3 is 6.18 Å². The first-order valence-corrected chi connectivity index (χ1v) is 9.43. The normalized spacial score (nSPS) is 16.3. The quantitative estimate of drug-likeness (QED) is 0.649. The van der Waals surface area contributed by atoms with Crippen molar-refractivity contribution in [1.82, 2.24) is 20.5 Å². The molecule has 0 spiro atoms. The van der Waals surface area contributed by atoms with Gasteiger partial charge in [-0.2, -0.15) is 23.4 Å². The number of rotatable bonds is 6. The molecule has 164 valence electrons. The zero-order valence-corrected chi connectivity index (χ0v) is 17.2. The van der Waals surface area contributed by atoms with Crippen molar-refractivity contribution in [2.75, 3.05) is 5.32 Å². The van der Waals surface area contributed by atoms with E-state index in [1.165, 1.54) is 0 Å². The maximum Gasteiger partial charge on any atom is 0.433 e. The van der Waals surface area contributed by atoms with Crippen LogP contribution in [0.3, 0.4) is 0 Å². The largest absolute Gasteiger partial charge is 0.433 e. The Kier molecular flexibility index (Phi) is 6.42. The predicted octanol–water partition coefficient (Wildman–Crippen LogP) is 3.58. The second-order valence-electron chi connectivity index (χ2n) is 7.03. The predicted molar refractivity (Wildman–Crippen MR) is 112 cm³/mol. The van der Waals surface area contributed by atoms with Crippen LogP contribution in [0.25, 0.3) is 0 Å². The number of carbonyl (C=O) groups excluding carboxylic acids is 1. The highest BCUT2D eigenvalue weighted by molar-refractivity contribution is 6.06. The van der Waals surface area contributed by atoms with Crippen LogP contribution in [-0.4, -0.2) is 27.2 Å². The van der Waals surface area contributed by atoms with Crippen LogP contribution in [0.2, 0.25) is 0 Å². The number of anilines is 1. The Morgan fingerprint density at radius 2 is 2.13 bits per heavy atom. The molecule has 2 aromatic rings. The van der Waals surface area contributed by atoms with Crippen LogP contribution in [0.15, 0.2) is 52.8 Å². The van der Waals surface area contributed by atoms with Crippen molar-refractivity contribution in [3.63, 3.8) is 0 Å². The van der Waals surface area contributed by atoms with E-state index in [1.807, 2.05) is 19.9 Å². The molecule has 1 amide bonds. The highest BCUT2D eigenvalue weighted by atomic mass is 19.4. The van der Waals surface area contributed by atoms with E-state index in [2.05, 4.69) is 31.3 Å². The average molecular weight is 433 g/mol. The smallest absolute Gasteiger partial charge is 0.383 e. The molecule has 1 aliphatic rings. The first-order valence-electron chi connectivity index (χ1n) is 9.43. The summed E-state index contributed by atoms with van der Waals surface area (Å²) < 4.78 is 39.4. The summed E-state index contributed by atoms with van der Waals surface area (Å²) >= 11 is 0.